The monoisotopic (exact) mass is 489 g/mol. The molecule has 1 aliphatic heterocycles. The maximum absolute atomic E-state index is 13.3. The van der Waals surface area contributed by atoms with E-state index in [1.807, 2.05) is 50.2 Å². The number of hydrogen-bond acceptors (Lipinski definition) is 5. The highest BCUT2D eigenvalue weighted by atomic mass is 16.5. The number of hydrogen-bond donors (Lipinski definition) is 3. The number of benzene rings is 2. The number of primary amides is 1. The molecule has 0 unspecified atom stereocenters. The third-order valence-electron chi connectivity index (χ3n) is 6.54. The highest BCUT2D eigenvalue weighted by molar-refractivity contribution is 5.93. The van der Waals surface area contributed by atoms with Crippen LogP contribution in [0.5, 0.6) is 0 Å². The van der Waals surface area contributed by atoms with E-state index < -0.39 is 18.0 Å². The topological polar surface area (TPSA) is 130 Å². The minimum absolute atomic E-state index is 0.0875. The molecule has 9 heteroatoms. The molecule has 0 spiro atoms. The Morgan fingerprint density at radius 1 is 1.06 bits per heavy atom. The summed E-state index contributed by atoms with van der Waals surface area (Å²) in [6.07, 6.45) is 2.81. The largest absolute Gasteiger partial charge is 0.453 e. The second-order valence-corrected chi connectivity index (χ2v) is 9.25. The van der Waals surface area contributed by atoms with E-state index in [1.54, 1.807) is 23.2 Å². The fourth-order valence-corrected chi connectivity index (χ4v) is 4.51. The number of likely N-dealkylation sites (tertiary alicyclic amines) is 1. The average molecular weight is 490 g/mol. The van der Waals surface area contributed by atoms with Crippen LogP contribution in [0.15, 0.2) is 54.7 Å². The summed E-state index contributed by atoms with van der Waals surface area (Å²) in [5.74, 6) is 0.0505. The molecule has 2 aromatic carbocycles. The van der Waals surface area contributed by atoms with Crippen LogP contribution in [0.1, 0.15) is 48.9 Å². The standard InChI is InChI=1S/C27H31N5O4/c1-16(2)23(31-27(35)36-3)26(34)32-14-4-5-22(32)25-29-15-21(30-25)19-10-6-17(7-11-19)18-8-12-20(13-9-18)24(28)33/h6-13,15-16,22-23H,4-5,14H2,1-3H3,(H2,28,33)(H,29,30)(H,31,35)/t22-,23+/m1/s1. The maximum Gasteiger partial charge on any atom is 0.407 e. The Bertz CT molecular complexity index is 1230. The maximum atomic E-state index is 13.3. The molecule has 1 aliphatic rings. The Morgan fingerprint density at radius 3 is 2.25 bits per heavy atom. The van der Waals surface area contributed by atoms with Gasteiger partial charge >= 0.3 is 6.09 Å². The smallest absolute Gasteiger partial charge is 0.407 e. The van der Waals surface area contributed by atoms with Crippen molar-refractivity contribution >= 4 is 17.9 Å². The first-order valence-electron chi connectivity index (χ1n) is 12.0. The van der Waals surface area contributed by atoms with Gasteiger partial charge in [-0.15, -0.1) is 0 Å². The summed E-state index contributed by atoms with van der Waals surface area (Å²) in [6.45, 7) is 4.39. The molecular formula is C27H31N5O4. The number of H-pyrrole nitrogens is 1. The summed E-state index contributed by atoms with van der Waals surface area (Å²) in [4.78, 5) is 46.2. The lowest BCUT2D eigenvalue weighted by Crippen LogP contribution is -2.51. The third-order valence-corrected chi connectivity index (χ3v) is 6.54. The lowest BCUT2D eigenvalue weighted by Gasteiger charge is -2.30. The molecule has 1 saturated heterocycles. The van der Waals surface area contributed by atoms with Crippen molar-refractivity contribution in [1.29, 1.82) is 0 Å². The van der Waals surface area contributed by atoms with Gasteiger partial charge in [0.1, 0.15) is 11.9 Å². The molecule has 1 fully saturated rings. The van der Waals surface area contributed by atoms with Crippen LogP contribution in [0.25, 0.3) is 22.4 Å². The molecule has 4 N–H and O–H groups in total. The zero-order valence-electron chi connectivity index (χ0n) is 20.7. The molecule has 3 aromatic rings. The van der Waals surface area contributed by atoms with Crippen LogP contribution in [0.4, 0.5) is 4.79 Å². The number of carbonyl (C=O) groups is 3. The number of ether oxygens (including phenoxy) is 1. The first-order valence-corrected chi connectivity index (χ1v) is 12.0. The predicted molar refractivity (Wildman–Crippen MR) is 136 cm³/mol. The second-order valence-electron chi connectivity index (χ2n) is 9.25. The van der Waals surface area contributed by atoms with Crippen molar-refractivity contribution in [2.75, 3.05) is 13.7 Å². The molecule has 0 saturated carbocycles. The molecule has 0 aliphatic carbocycles. The molecule has 4 rings (SSSR count). The summed E-state index contributed by atoms with van der Waals surface area (Å²) in [5.41, 5.74) is 9.61. The lowest BCUT2D eigenvalue weighted by atomic mass is 10.0. The van der Waals surface area contributed by atoms with Crippen molar-refractivity contribution in [2.24, 2.45) is 11.7 Å². The van der Waals surface area contributed by atoms with Crippen molar-refractivity contribution in [3.63, 3.8) is 0 Å². The van der Waals surface area contributed by atoms with Crippen molar-refractivity contribution in [3.05, 3.63) is 66.1 Å². The highest BCUT2D eigenvalue weighted by Crippen LogP contribution is 2.33. The van der Waals surface area contributed by atoms with Gasteiger partial charge < -0.3 is 25.7 Å². The first-order chi connectivity index (χ1) is 17.3. The van der Waals surface area contributed by atoms with Crippen LogP contribution in [0, 0.1) is 5.92 Å². The van der Waals surface area contributed by atoms with E-state index in [9.17, 15) is 14.4 Å². The summed E-state index contributed by atoms with van der Waals surface area (Å²) in [6, 6.07) is 14.3. The quantitative estimate of drug-likeness (QED) is 0.464. The van der Waals surface area contributed by atoms with Gasteiger partial charge in [0.05, 0.1) is 25.0 Å². The lowest BCUT2D eigenvalue weighted by molar-refractivity contribution is -0.135. The van der Waals surface area contributed by atoms with Crippen LogP contribution < -0.4 is 11.1 Å². The summed E-state index contributed by atoms with van der Waals surface area (Å²) < 4.78 is 4.70. The number of carbonyl (C=O) groups excluding carboxylic acids is 3. The number of alkyl carbamates (subject to hydrolysis) is 1. The zero-order valence-corrected chi connectivity index (χ0v) is 20.7. The van der Waals surface area contributed by atoms with Crippen LogP contribution in [0.2, 0.25) is 0 Å². The van der Waals surface area contributed by atoms with Gasteiger partial charge in [-0.05, 0) is 47.6 Å². The van der Waals surface area contributed by atoms with E-state index in [1.165, 1.54) is 7.11 Å². The van der Waals surface area contributed by atoms with Gasteiger partial charge in [0.25, 0.3) is 0 Å². The molecule has 188 valence electrons. The number of aromatic nitrogens is 2. The van der Waals surface area contributed by atoms with Gasteiger partial charge in [-0.2, -0.15) is 0 Å². The minimum Gasteiger partial charge on any atom is -0.453 e. The van der Waals surface area contributed by atoms with Crippen LogP contribution in [-0.4, -0.2) is 52.5 Å². The Hall–Kier alpha value is -4.14. The van der Waals surface area contributed by atoms with Crippen LogP contribution >= 0.6 is 0 Å². The molecule has 36 heavy (non-hydrogen) atoms. The van der Waals surface area contributed by atoms with Crippen LogP contribution in [0.3, 0.4) is 0 Å². The van der Waals surface area contributed by atoms with E-state index in [0.29, 0.717) is 12.1 Å². The summed E-state index contributed by atoms with van der Waals surface area (Å²) >= 11 is 0. The number of methoxy groups -OCH3 is 1. The Labute approximate surface area is 210 Å². The van der Waals surface area contributed by atoms with Gasteiger partial charge in [-0.1, -0.05) is 50.2 Å². The van der Waals surface area contributed by atoms with Crippen molar-refractivity contribution in [1.82, 2.24) is 20.2 Å². The van der Waals surface area contributed by atoms with E-state index in [2.05, 4.69) is 15.3 Å². The Balaban J connectivity index is 1.50. The van der Waals surface area contributed by atoms with E-state index in [-0.39, 0.29) is 17.9 Å². The van der Waals surface area contributed by atoms with Gasteiger partial charge in [0.2, 0.25) is 11.8 Å². The third kappa shape index (κ3) is 5.25. The average Bonchev–Trinajstić information content (AvgIpc) is 3.56. The SMILES string of the molecule is COC(=O)N[C@H](C(=O)N1CCC[C@@H]1c1ncc(-c2ccc(-c3ccc(C(N)=O)cc3)cc2)[nH]1)C(C)C. The Kier molecular flexibility index (Phi) is 7.38. The molecule has 0 bridgehead atoms. The van der Waals surface area contributed by atoms with Gasteiger partial charge in [0, 0.05) is 12.1 Å². The normalized spacial score (nSPS) is 16.1. The zero-order chi connectivity index (χ0) is 25.8. The number of nitrogens with two attached hydrogens (primary N) is 1. The molecule has 3 amide bonds. The fourth-order valence-electron chi connectivity index (χ4n) is 4.51. The van der Waals surface area contributed by atoms with Gasteiger partial charge in [-0.3, -0.25) is 9.59 Å². The number of imidazole rings is 1. The number of nitrogens with zero attached hydrogens (tertiary/aromatic N) is 2. The van der Waals surface area contributed by atoms with E-state index >= 15 is 0 Å². The summed E-state index contributed by atoms with van der Waals surface area (Å²) in [7, 11) is 1.28. The van der Waals surface area contributed by atoms with E-state index in [0.717, 1.165) is 41.1 Å². The Morgan fingerprint density at radius 2 is 1.67 bits per heavy atom. The number of nitrogens with one attached hydrogen (secondary N) is 2. The van der Waals surface area contributed by atoms with Crippen LogP contribution in [-0.2, 0) is 9.53 Å². The van der Waals surface area contributed by atoms with Crippen molar-refractivity contribution in [3.8, 4) is 22.4 Å². The predicted octanol–water partition coefficient (Wildman–Crippen LogP) is 3.89. The van der Waals surface area contributed by atoms with Gasteiger partial charge in [0.15, 0.2) is 0 Å². The fraction of sp³-hybridized carbons (Fsp3) is 0.333. The molecule has 0 radical (unpaired) electrons. The number of aromatic amines is 1. The van der Waals surface area contributed by atoms with E-state index in [4.69, 9.17) is 10.5 Å². The first kappa shape index (κ1) is 25.0. The molecule has 2 atom stereocenters. The minimum atomic E-state index is -0.669. The number of amides is 3. The molecule has 2 heterocycles. The summed E-state index contributed by atoms with van der Waals surface area (Å²) in [5, 5.41) is 2.67. The molecule has 9 nitrogen and oxygen atoms in total. The molecule has 1 aromatic heterocycles. The second kappa shape index (κ2) is 10.6. The number of rotatable bonds is 7. The van der Waals surface area contributed by atoms with Crippen molar-refractivity contribution < 1.29 is 19.1 Å². The highest BCUT2D eigenvalue weighted by Gasteiger charge is 2.37. The van der Waals surface area contributed by atoms with Crippen molar-refractivity contribution in [2.45, 2.75) is 38.8 Å². The molecular weight excluding hydrogens is 458 g/mol. The van der Waals surface area contributed by atoms with Gasteiger partial charge in [-0.25, -0.2) is 9.78 Å².